The lowest BCUT2D eigenvalue weighted by molar-refractivity contribution is -0.139. The Morgan fingerprint density at radius 1 is 0.950 bits per heavy atom. The molecule has 214 valence electrons. The van der Waals surface area contributed by atoms with Gasteiger partial charge in [0.15, 0.2) is 0 Å². The van der Waals surface area contributed by atoms with Crippen molar-refractivity contribution in [2.24, 2.45) is 5.92 Å². The van der Waals surface area contributed by atoms with Crippen LogP contribution in [0.5, 0.6) is 5.75 Å². The summed E-state index contributed by atoms with van der Waals surface area (Å²) in [4.78, 5) is 28.5. The second kappa shape index (κ2) is 14.2. The van der Waals surface area contributed by atoms with Crippen molar-refractivity contribution in [3.05, 3.63) is 89.4 Å². The first-order chi connectivity index (χ1) is 19.0. The van der Waals surface area contributed by atoms with Crippen LogP contribution in [-0.2, 0) is 26.2 Å². The molecule has 10 heteroatoms. The molecule has 40 heavy (non-hydrogen) atoms. The van der Waals surface area contributed by atoms with E-state index in [2.05, 4.69) is 5.32 Å². The first-order valence-electron chi connectivity index (χ1n) is 13.2. The molecule has 0 saturated carbocycles. The predicted octanol–water partition coefficient (Wildman–Crippen LogP) is 5.12. The monoisotopic (exact) mass is 585 g/mol. The Morgan fingerprint density at radius 3 is 2.27 bits per heavy atom. The molecule has 0 radical (unpaired) electrons. The first-order valence-corrected chi connectivity index (χ1v) is 15.0. The summed E-state index contributed by atoms with van der Waals surface area (Å²) >= 11 is 6.19. The molecule has 0 bridgehead atoms. The van der Waals surface area contributed by atoms with Gasteiger partial charge in [-0.05, 0) is 61.7 Å². The van der Waals surface area contributed by atoms with Gasteiger partial charge in [-0.1, -0.05) is 67.9 Å². The maximum atomic E-state index is 14.0. The molecule has 0 spiro atoms. The Kier molecular flexibility index (Phi) is 11.0. The Morgan fingerprint density at radius 2 is 1.62 bits per heavy atom. The molecule has 3 aromatic rings. The van der Waals surface area contributed by atoms with Crippen LogP contribution < -0.4 is 14.4 Å². The molecule has 1 N–H and O–H groups in total. The van der Waals surface area contributed by atoms with Crippen LogP contribution in [0, 0.1) is 5.92 Å². The molecule has 0 unspecified atom stereocenters. The van der Waals surface area contributed by atoms with Gasteiger partial charge in [-0.15, -0.1) is 0 Å². The predicted molar refractivity (Wildman–Crippen MR) is 158 cm³/mol. The topological polar surface area (TPSA) is 96.0 Å². The maximum Gasteiger partial charge on any atom is 0.264 e. The number of hydrogen-bond acceptors (Lipinski definition) is 5. The fraction of sp³-hybridized carbons (Fsp3) is 0.333. The van der Waals surface area contributed by atoms with Crippen LogP contribution in [0.2, 0.25) is 5.02 Å². The molecule has 0 aliphatic rings. The SMILES string of the molecule is CCOc1ccccc1N(CC(=O)N(Cc1cccc(Cl)c1)[C@@H](C)C(=O)NCC(C)C)S(=O)(=O)c1ccccc1. The minimum Gasteiger partial charge on any atom is -0.492 e. The standard InChI is InChI=1S/C30H36ClN3O5S/c1-5-39-28-17-10-9-16-27(28)34(40(37,38)26-14-7-6-8-15-26)21-29(35)33(20-24-12-11-13-25(31)18-24)23(4)30(36)32-19-22(2)3/h6-18,22-23H,5,19-21H2,1-4H3,(H,32,36)/t23-/m0/s1. The maximum absolute atomic E-state index is 14.0. The van der Waals surface area contributed by atoms with E-state index in [0.717, 1.165) is 4.31 Å². The van der Waals surface area contributed by atoms with Gasteiger partial charge in [-0.2, -0.15) is 0 Å². The van der Waals surface area contributed by atoms with Crippen molar-refractivity contribution in [2.45, 2.75) is 45.2 Å². The van der Waals surface area contributed by atoms with Gasteiger partial charge in [0.1, 0.15) is 18.3 Å². The van der Waals surface area contributed by atoms with Crippen LogP contribution >= 0.6 is 11.6 Å². The van der Waals surface area contributed by atoms with Gasteiger partial charge < -0.3 is 15.0 Å². The van der Waals surface area contributed by atoms with Crippen molar-refractivity contribution in [1.29, 1.82) is 0 Å². The number of carbonyl (C=O) groups excluding carboxylic acids is 2. The summed E-state index contributed by atoms with van der Waals surface area (Å²) in [5.41, 5.74) is 0.928. The highest BCUT2D eigenvalue weighted by molar-refractivity contribution is 7.92. The van der Waals surface area contributed by atoms with Crippen molar-refractivity contribution in [1.82, 2.24) is 10.2 Å². The number of sulfonamides is 1. The molecule has 0 saturated heterocycles. The van der Waals surface area contributed by atoms with Crippen molar-refractivity contribution in [3.8, 4) is 5.75 Å². The lowest BCUT2D eigenvalue weighted by Gasteiger charge is -2.32. The molecular formula is C30H36ClN3O5S. The Balaban J connectivity index is 2.05. The molecule has 3 rings (SSSR count). The van der Waals surface area contributed by atoms with Gasteiger partial charge >= 0.3 is 0 Å². The highest BCUT2D eigenvalue weighted by Gasteiger charge is 2.33. The van der Waals surface area contributed by atoms with E-state index in [0.29, 0.717) is 29.5 Å². The summed E-state index contributed by atoms with van der Waals surface area (Å²) < 4.78 is 34.6. The summed E-state index contributed by atoms with van der Waals surface area (Å²) in [5, 5.41) is 3.36. The van der Waals surface area contributed by atoms with Gasteiger partial charge in [0.25, 0.3) is 10.0 Å². The van der Waals surface area contributed by atoms with Crippen molar-refractivity contribution in [2.75, 3.05) is 24.0 Å². The summed E-state index contributed by atoms with van der Waals surface area (Å²) in [5.74, 6) is -0.356. The molecular weight excluding hydrogens is 550 g/mol. The minimum atomic E-state index is -4.19. The summed E-state index contributed by atoms with van der Waals surface area (Å²) in [6, 6.07) is 20.7. The minimum absolute atomic E-state index is 0.0261. The lowest BCUT2D eigenvalue weighted by atomic mass is 10.1. The average Bonchev–Trinajstić information content (AvgIpc) is 2.94. The number of anilines is 1. The number of halogens is 1. The zero-order chi connectivity index (χ0) is 29.3. The van der Waals surface area contributed by atoms with Gasteiger partial charge in [-0.25, -0.2) is 8.42 Å². The van der Waals surface area contributed by atoms with Crippen LogP contribution in [0.1, 0.15) is 33.3 Å². The van der Waals surface area contributed by atoms with E-state index >= 15 is 0 Å². The van der Waals surface area contributed by atoms with E-state index in [9.17, 15) is 18.0 Å². The number of hydrogen-bond donors (Lipinski definition) is 1. The van der Waals surface area contributed by atoms with Crippen molar-refractivity contribution in [3.63, 3.8) is 0 Å². The molecule has 1 atom stereocenters. The molecule has 8 nitrogen and oxygen atoms in total. The second-order valence-electron chi connectivity index (χ2n) is 9.69. The van der Waals surface area contributed by atoms with E-state index in [-0.39, 0.29) is 29.0 Å². The third-order valence-corrected chi connectivity index (χ3v) is 8.15. The van der Waals surface area contributed by atoms with Crippen molar-refractivity contribution < 1.29 is 22.7 Å². The molecule has 0 aliphatic carbocycles. The van der Waals surface area contributed by atoms with Crippen LogP contribution in [0.15, 0.2) is 83.8 Å². The van der Waals surface area contributed by atoms with E-state index in [1.807, 2.05) is 13.8 Å². The molecule has 0 aliphatic heterocycles. The number of rotatable bonds is 13. The smallest absolute Gasteiger partial charge is 0.264 e. The number of nitrogens with zero attached hydrogens (tertiary/aromatic N) is 2. The van der Waals surface area contributed by atoms with Gasteiger partial charge in [-0.3, -0.25) is 13.9 Å². The van der Waals surface area contributed by atoms with E-state index in [1.165, 1.54) is 17.0 Å². The third-order valence-electron chi connectivity index (χ3n) is 6.14. The Labute approximate surface area is 241 Å². The highest BCUT2D eigenvalue weighted by atomic mass is 35.5. The van der Waals surface area contributed by atoms with Gasteiger partial charge in [0.2, 0.25) is 11.8 Å². The summed E-state index contributed by atoms with van der Waals surface area (Å²) in [7, 11) is -4.19. The molecule has 2 amide bonds. The third kappa shape index (κ3) is 7.99. The lowest BCUT2D eigenvalue weighted by Crippen LogP contribution is -2.51. The number of para-hydroxylation sites is 2. The van der Waals surface area contributed by atoms with E-state index < -0.39 is 28.5 Å². The number of benzene rings is 3. The van der Waals surface area contributed by atoms with E-state index in [4.69, 9.17) is 16.3 Å². The molecule has 0 heterocycles. The van der Waals surface area contributed by atoms with Gasteiger partial charge in [0.05, 0.1) is 17.2 Å². The number of ether oxygens (including phenoxy) is 1. The average molecular weight is 586 g/mol. The van der Waals surface area contributed by atoms with Crippen LogP contribution in [0.25, 0.3) is 0 Å². The largest absolute Gasteiger partial charge is 0.492 e. The zero-order valence-corrected chi connectivity index (χ0v) is 24.8. The number of nitrogens with one attached hydrogen (secondary N) is 1. The normalized spacial score (nSPS) is 12.1. The summed E-state index contributed by atoms with van der Waals surface area (Å²) in [6.45, 7) is 7.62. The molecule has 0 fully saturated rings. The fourth-order valence-electron chi connectivity index (χ4n) is 4.04. The number of carbonyl (C=O) groups is 2. The van der Waals surface area contributed by atoms with Crippen LogP contribution in [0.3, 0.4) is 0 Å². The van der Waals surface area contributed by atoms with E-state index in [1.54, 1.807) is 80.6 Å². The van der Waals surface area contributed by atoms with Crippen molar-refractivity contribution >= 4 is 39.1 Å². The number of amides is 2. The summed E-state index contributed by atoms with van der Waals surface area (Å²) in [6.07, 6.45) is 0. The fourth-order valence-corrected chi connectivity index (χ4v) is 5.70. The zero-order valence-electron chi connectivity index (χ0n) is 23.2. The van der Waals surface area contributed by atoms with Crippen LogP contribution in [-0.4, -0.2) is 50.9 Å². The first kappa shape index (κ1) is 31.0. The van der Waals surface area contributed by atoms with Crippen LogP contribution in [0.4, 0.5) is 5.69 Å². The second-order valence-corrected chi connectivity index (χ2v) is 12.0. The molecule has 0 aromatic heterocycles. The Hall–Kier alpha value is -3.56. The van der Waals surface area contributed by atoms with Gasteiger partial charge in [0, 0.05) is 18.1 Å². The highest BCUT2D eigenvalue weighted by Crippen LogP contribution is 2.33. The Bertz CT molecular complexity index is 1400. The molecule has 3 aromatic carbocycles. The quantitative estimate of drug-likeness (QED) is 0.300.